The van der Waals surface area contributed by atoms with Gasteiger partial charge in [0.2, 0.25) is 9.83 Å². The minimum Gasteiger partial charge on any atom is -0.364 e. The lowest BCUT2D eigenvalue weighted by molar-refractivity contribution is -0.0364. The highest BCUT2D eigenvalue weighted by Gasteiger charge is 2.42. The summed E-state index contributed by atoms with van der Waals surface area (Å²) in [6, 6.07) is 1.47. The summed E-state index contributed by atoms with van der Waals surface area (Å²) in [5, 5.41) is 4.26. The van der Waals surface area contributed by atoms with Crippen molar-refractivity contribution in [1.82, 2.24) is 5.32 Å². The predicted octanol–water partition coefficient (Wildman–Crippen LogP) is 1.84. The first-order chi connectivity index (χ1) is 10.2. The number of alkyl halides is 3. The standard InChI is InChI=1S/C10H10F4N2O4S2/c1-20-5-15-9(17)16-8-3-2-6(4-7(8)11)21(18)22(19)10(12,13)14/h2-4H,5H2,1H3,(H2,15,16,17). The highest BCUT2D eigenvalue weighted by molar-refractivity contribution is 8.61. The van der Waals surface area contributed by atoms with Crippen LogP contribution in [-0.2, 0) is 24.4 Å². The molecule has 0 aliphatic carbocycles. The van der Waals surface area contributed by atoms with Crippen molar-refractivity contribution in [3.05, 3.63) is 24.0 Å². The number of urea groups is 1. The third kappa shape index (κ3) is 5.03. The number of anilines is 1. The zero-order valence-corrected chi connectivity index (χ0v) is 12.5. The fraction of sp³-hybridized carbons (Fsp3) is 0.300. The van der Waals surface area contributed by atoms with Crippen LogP contribution >= 0.6 is 0 Å². The van der Waals surface area contributed by atoms with E-state index < -0.39 is 41.9 Å². The molecule has 0 saturated carbocycles. The summed E-state index contributed by atoms with van der Waals surface area (Å²) in [4.78, 5) is 10.6. The van der Waals surface area contributed by atoms with Crippen LogP contribution in [0.3, 0.4) is 0 Å². The van der Waals surface area contributed by atoms with Crippen LogP contribution in [-0.4, -0.2) is 33.8 Å². The van der Waals surface area contributed by atoms with E-state index in [4.69, 9.17) is 0 Å². The monoisotopic (exact) mass is 362 g/mol. The fourth-order valence-corrected chi connectivity index (χ4v) is 3.25. The Morgan fingerprint density at radius 1 is 1.32 bits per heavy atom. The first-order valence-electron chi connectivity index (χ1n) is 5.41. The highest BCUT2D eigenvalue weighted by Crippen LogP contribution is 2.27. The van der Waals surface area contributed by atoms with Crippen LogP contribution in [0.4, 0.5) is 28.0 Å². The van der Waals surface area contributed by atoms with E-state index in [1.807, 2.05) is 0 Å². The second kappa shape index (κ2) is 7.65. The first-order valence-corrected chi connectivity index (χ1v) is 8.22. The summed E-state index contributed by atoms with van der Waals surface area (Å²) in [5.74, 6) is -1.13. The molecule has 1 aromatic rings. The van der Waals surface area contributed by atoms with Gasteiger partial charge in [0.25, 0.3) is 0 Å². The molecule has 1 rings (SSSR count). The molecular weight excluding hydrogens is 352 g/mol. The van der Waals surface area contributed by atoms with Crippen LogP contribution in [0, 0.1) is 5.82 Å². The van der Waals surface area contributed by atoms with E-state index in [2.05, 4.69) is 15.4 Å². The number of halogens is 4. The van der Waals surface area contributed by atoms with Crippen LogP contribution in [0.15, 0.2) is 23.1 Å². The molecule has 22 heavy (non-hydrogen) atoms. The van der Waals surface area contributed by atoms with Crippen molar-refractivity contribution in [2.45, 2.75) is 10.4 Å². The lowest BCUT2D eigenvalue weighted by atomic mass is 10.3. The van der Waals surface area contributed by atoms with Gasteiger partial charge in [-0.2, -0.15) is 13.2 Å². The van der Waals surface area contributed by atoms with Crippen LogP contribution < -0.4 is 10.6 Å². The maximum atomic E-state index is 13.7. The fourth-order valence-electron chi connectivity index (χ4n) is 1.18. The van der Waals surface area contributed by atoms with Gasteiger partial charge in [-0.3, -0.25) is 0 Å². The normalized spacial score (nSPS) is 14.2. The molecule has 0 aliphatic heterocycles. The molecule has 0 heterocycles. The van der Waals surface area contributed by atoms with E-state index in [9.17, 15) is 30.8 Å². The van der Waals surface area contributed by atoms with Crippen molar-refractivity contribution in [2.75, 3.05) is 19.2 Å². The summed E-state index contributed by atoms with van der Waals surface area (Å²) in [6.45, 7) is -0.139. The summed E-state index contributed by atoms with van der Waals surface area (Å²) in [6.07, 6.45) is 0. The number of ether oxygens (including phenoxy) is 1. The Kier molecular flexibility index (Phi) is 6.44. The third-order valence-corrected chi connectivity index (χ3v) is 5.35. The molecule has 12 heteroatoms. The average molecular weight is 362 g/mol. The van der Waals surface area contributed by atoms with Crippen molar-refractivity contribution in [3.63, 3.8) is 0 Å². The van der Waals surface area contributed by atoms with Gasteiger partial charge in [0.1, 0.15) is 12.5 Å². The second-order valence-corrected chi connectivity index (χ2v) is 7.31. The minimum absolute atomic E-state index is 0.139. The molecule has 2 amide bonds. The van der Waals surface area contributed by atoms with Crippen LogP contribution in [0.25, 0.3) is 0 Å². The Balaban J connectivity index is 2.88. The largest absolute Gasteiger partial charge is 0.484 e. The maximum absolute atomic E-state index is 13.7. The van der Waals surface area contributed by atoms with Gasteiger partial charge in [-0.1, -0.05) is 0 Å². The highest BCUT2D eigenvalue weighted by atomic mass is 33.1. The summed E-state index contributed by atoms with van der Waals surface area (Å²) in [7, 11) is -5.34. The van der Waals surface area contributed by atoms with Crippen molar-refractivity contribution in [2.24, 2.45) is 0 Å². The van der Waals surface area contributed by atoms with E-state index >= 15 is 0 Å². The van der Waals surface area contributed by atoms with Gasteiger partial charge in [0, 0.05) is 7.11 Å². The first kappa shape index (κ1) is 18.5. The Morgan fingerprint density at radius 2 is 1.95 bits per heavy atom. The smallest absolute Gasteiger partial charge is 0.364 e. The molecule has 1 aromatic carbocycles. The summed E-state index contributed by atoms with van der Waals surface area (Å²) < 4.78 is 77.1. The van der Waals surface area contributed by atoms with Crippen LogP contribution in [0.5, 0.6) is 0 Å². The molecular formula is C10H10F4N2O4S2. The number of hydrogen-bond donors (Lipinski definition) is 2. The molecule has 2 unspecified atom stereocenters. The number of hydrogen-bond acceptors (Lipinski definition) is 4. The molecule has 124 valence electrons. The molecule has 0 bridgehead atoms. The van der Waals surface area contributed by atoms with Gasteiger partial charge in [-0.05, 0) is 18.2 Å². The van der Waals surface area contributed by atoms with E-state index in [0.717, 1.165) is 12.1 Å². The second-order valence-electron chi connectivity index (χ2n) is 3.62. The number of nitrogens with one attached hydrogen (secondary N) is 2. The van der Waals surface area contributed by atoms with Crippen molar-refractivity contribution < 1.29 is 35.5 Å². The zero-order valence-electron chi connectivity index (χ0n) is 10.9. The van der Waals surface area contributed by atoms with Gasteiger partial charge in [-0.15, -0.1) is 0 Å². The lowest BCUT2D eigenvalue weighted by Crippen LogP contribution is -2.30. The van der Waals surface area contributed by atoms with Crippen molar-refractivity contribution in [1.29, 1.82) is 0 Å². The van der Waals surface area contributed by atoms with E-state index in [1.54, 1.807) is 0 Å². The Morgan fingerprint density at radius 3 is 2.45 bits per heavy atom. The third-order valence-electron chi connectivity index (χ3n) is 2.08. The Bertz CT molecular complexity index is 609. The number of carbonyl (C=O) groups excluding carboxylic acids is 1. The molecule has 2 N–H and O–H groups in total. The molecule has 0 aliphatic rings. The van der Waals surface area contributed by atoms with Gasteiger partial charge >= 0.3 is 11.5 Å². The average Bonchev–Trinajstić information content (AvgIpc) is 2.44. The molecule has 0 aromatic heterocycles. The number of amides is 2. The molecule has 0 radical (unpaired) electrons. The van der Waals surface area contributed by atoms with Gasteiger partial charge in [-0.25, -0.2) is 17.6 Å². The van der Waals surface area contributed by atoms with E-state index in [1.165, 1.54) is 7.11 Å². The topological polar surface area (TPSA) is 84.5 Å². The molecule has 0 saturated heterocycles. The summed E-state index contributed by atoms with van der Waals surface area (Å²) >= 11 is 0. The van der Waals surface area contributed by atoms with Crippen molar-refractivity contribution >= 4 is 31.4 Å². The van der Waals surface area contributed by atoms with Gasteiger partial charge < -0.3 is 15.4 Å². The van der Waals surface area contributed by atoms with Crippen molar-refractivity contribution in [3.8, 4) is 0 Å². The van der Waals surface area contributed by atoms with Gasteiger partial charge in [0.15, 0.2) is 9.83 Å². The summed E-state index contributed by atoms with van der Waals surface area (Å²) in [5.41, 5.74) is -5.54. The lowest BCUT2D eigenvalue weighted by Gasteiger charge is -2.09. The number of benzene rings is 1. The molecule has 0 fully saturated rings. The zero-order chi connectivity index (χ0) is 16.9. The van der Waals surface area contributed by atoms with Crippen LogP contribution in [0.2, 0.25) is 0 Å². The SMILES string of the molecule is COCNC(=O)Nc1ccc(S(=O)S(=O)C(F)(F)F)cc1F. The number of carbonyl (C=O) groups is 1. The number of methoxy groups -OCH3 is 1. The molecule has 0 spiro atoms. The van der Waals surface area contributed by atoms with E-state index in [-0.39, 0.29) is 12.4 Å². The number of rotatable bonds is 5. The Hall–Kier alpha value is -1.53. The van der Waals surface area contributed by atoms with Gasteiger partial charge in [0.05, 0.1) is 10.6 Å². The molecule has 6 nitrogen and oxygen atoms in total. The minimum atomic E-state index is -5.18. The maximum Gasteiger partial charge on any atom is 0.484 e. The Labute approximate surface area is 126 Å². The van der Waals surface area contributed by atoms with Crippen LogP contribution in [0.1, 0.15) is 0 Å². The predicted molar refractivity (Wildman–Crippen MR) is 71.0 cm³/mol. The molecule has 2 atom stereocenters. The quantitative estimate of drug-likeness (QED) is 0.476. The van der Waals surface area contributed by atoms with E-state index in [0.29, 0.717) is 6.07 Å².